The van der Waals surface area contributed by atoms with Crippen molar-refractivity contribution < 1.29 is 4.74 Å². The van der Waals surface area contributed by atoms with Crippen molar-refractivity contribution in [2.75, 3.05) is 5.73 Å². The van der Waals surface area contributed by atoms with Crippen LogP contribution in [0.5, 0.6) is 11.5 Å². The molecule has 3 rings (SSSR count). The maximum atomic E-state index is 6.05. The number of benzene rings is 1. The molecule has 2 aromatic heterocycles. The molecule has 0 spiro atoms. The van der Waals surface area contributed by atoms with Gasteiger partial charge in [-0.05, 0) is 38.1 Å². The van der Waals surface area contributed by atoms with E-state index in [9.17, 15) is 0 Å². The summed E-state index contributed by atoms with van der Waals surface area (Å²) in [6, 6.07) is 7.50. The molecule has 102 valence electrons. The van der Waals surface area contributed by atoms with Crippen LogP contribution in [-0.4, -0.2) is 14.8 Å². The van der Waals surface area contributed by atoms with Gasteiger partial charge in [-0.25, -0.2) is 0 Å². The Kier molecular flexibility index (Phi) is 2.82. The van der Waals surface area contributed by atoms with Gasteiger partial charge in [0, 0.05) is 18.6 Å². The second-order valence-corrected chi connectivity index (χ2v) is 4.78. The maximum Gasteiger partial charge on any atom is 0.171 e. The number of nitrogen functional groups attached to an aromatic ring is 1. The van der Waals surface area contributed by atoms with E-state index in [0.29, 0.717) is 5.69 Å². The first-order valence-corrected chi connectivity index (χ1v) is 6.39. The lowest BCUT2D eigenvalue weighted by molar-refractivity contribution is 0.479. The van der Waals surface area contributed by atoms with Crippen molar-refractivity contribution in [1.29, 1.82) is 0 Å². The number of aryl methyl sites for hydroxylation is 2. The minimum Gasteiger partial charge on any atom is -0.453 e. The molecule has 0 radical (unpaired) electrons. The largest absolute Gasteiger partial charge is 0.453 e. The van der Waals surface area contributed by atoms with Crippen LogP contribution in [0.25, 0.3) is 10.9 Å². The molecule has 1 aromatic carbocycles. The zero-order chi connectivity index (χ0) is 14.3. The van der Waals surface area contributed by atoms with Crippen molar-refractivity contribution in [1.82, 2.24) is 14.8 Å². The molecule has 0 bridgehead atoms. The highest BCUT2D eigenvalue weighted by atomic mass is 16.5. The van der Waals surface area contributed by atoms with E-state index in [1.54, 1.807) is 6.20 Å². The van der Waals surface area contributed by atoms with E-state index in [-0.39, 0.29) is 0 Å². The second kappa shape index (κ2) is 4.52. The van der Waals surface area contributed by atoms with Crippen LogP contribution in [0.3, 0.4) is 0 Å². The van der Waals surface area contributed by atoms with Gasteiger partial charge in [0.25, 0.3) is 0 Å². The maximum absolute atomic E-state index is 6.05. The first-order chi connectivity index (χ1) is 9.58. The van der Waals surface area contributed by atoms with Gasteiger partial charge in [0.2, 0.25) is 0 Å². The highest BCUT2D eigenvalue weighted by Crippen LogP contribution is 2.34. The summed E-state index contributed by atoms with van der Waals surface area (Å²) in [7, 11) is 1.90. The Morgan fingerprint density at radius 2 is 2.00 bits per heavy atom. The summed E-state index contributed by atoms with van der Waals surface area (Å²) in [6.07, 6.45) is 1.73. The van der Waals surface area contributed by atoms with Crippen LogP contribution < -0.4 is 10.5 Å². The van der Waals surface area contributed by atoms with E-state index in [4.69, 9.17) is 10.5 Å². The lowest BCUT2D eigenvalue weighted by Gasteiger charge is -2.10. The number of hydrogen-bond donors (Lipinski definition) is 1. The van der Waals surface area contributed by atoms with Gasteiger partial charge in [-0.3, -0.25) is 9.67 Å². The Morgan fingerprint density at radius 1 is 1.20 bits per heavy atom. The molecule has 20 heavy (non-hydrogen) atoms. The van der Waals surface area contributed by atoms with E-state index in [0.717, 1.165) is 33.8 Å². The van der Waals surface area contributed by atoms with Gasteiger partial charge in [0.1, 0.15) is 11.4 Å². The zero-order valence-corrected chi connectivity index (χ0v) is 11.7. The summed E-state index contributed by atoms with van der Waals surface area (Å²) >= 11 is 0. The Hall–Kier alpha value is -2.56. The number of fused-ring (bicyclic) bond motifs is 1. The van der Waals surface area contributed by atoms with Crippen LogP contribution >= 0.6 is 0 Å². The van der Waals surface area contributed by atoms with E-state index in [1.165, 1.54) is 0 Å². The number of anilines is 1. The summed E-state index contributed by atoms with van der Waals surface area (Å²) in [5, 5.41) is 5.25. The molecule has 3 aromatic rings. The lowest BCUT2D eigenvalue weighted by atomic mass is 10.1. The van der Waals surface area contributed by atoms with Crippen LogP contribution in [0.1, 0.15) is 11.4 Å². The van der Waals surface area contributed by atoms with Crippen LogP contribution in [0, 0.1) is 13.8 Å². The lowest BCUT2D eigenvalue weighted by Crippen LogP contribution is -1.94. The molecule has 2 heterocycles. The molecule has 0 aliphatic rings. The third-order valence-electron chi connectivity index (χ3n) is 3.42. The number of nitrogens with two attached hydrogens (primary N) is 1. The Morgan fingerprint density at radius 3 is 2.70 bits per heavy atom. The number of aromatic nitrogens is 3. The van der Waals surface area contributed by atoms with Gasteiger partial charge in [0.15, 0.2) is 5.75 Å². The van der Waals surface area contributed by atoms with Crippen LogP contribution in [0.4, 0.5) is 5.69 Å². The molecule has 0 fully saturated rings. The average Bonchev–Trinajstić information content (AvgIpc) is 2.68. The summed E-state index contributed by atoms with van der Waals surface area (Å²) in [5.74, 6) is 1.52. The molecular formula is C15H16N4O. The Balaban J connectivity index is 2.14. The third kappa shape index (κ3) is 1.87. The number of rotatable bonds is 2. The molecule has 0 saturated carbocycles. The van der Waals surface area contributed by atoms with Gasteiger partial charge in [-0.2, -0.15) is 5.10 Å². The van der Waals surface area contributed by atoms with Gasteiger partial charge >= 0.3 is 0 Å². The minimum atomic E-state index is 0.646. The number of nitrogens with zero attached hydrogens (tertiary/aromatic N) is 3. The second-order valence-electron chi connectivity index (χ2n) is 4.78. The molecule has 5 nitrogen and oxygen atoms in total. The fourth-order valence-electron chi connectivity index (χ4n) is 2.27. The number of hydrogen-bond acceptors (Lipinski definition) is 4. The van der Waals surface area contributed by atoms with Gasteiger partial charge in [-0.15, -0.1) is 0 Å². The van der Waals surface area contributed by atoms with Crippen molar-refractivity contribution in [2.45, 2.75) is 13.8 Å². The zero-order valence-electron chi connectivity index (χ0n) is 11.7. The van der Waals surface area contributed by atoms with Crippen molar-refractivity contribution in [3.8, 4) is 11.5 Å². The number of ether oxygens (including phenoxy) is 1. The first kappa shape index (κ1) is 12.5. The summed E-state index contributed by atoms with van der Waals surface area (Å²) in [5.41, 5.74) is 9.19. The molecule has 2 N–H and O–H groups in total. The number of pyridine rings is 1. The minimum absolute atomic E-state index is 0.646. The van der Waals surface area contributed by atoms with Crippen molar-refractivity contribution in [2.24, 2.45) is 7.05 Å². The first-order valence-electron chi connectivity index (χ1n) is 6.39. The molecule has 5 heteroatoms. The van der Waals surface area contributed by atoms with Gasteiger partial charge < -0.3 is 10.5 Å². The molecule has 0 aliphatic heterocycles. The monoisotopic (exact) mass is 268 g/mol. The van der Waals surface area contributed by atoms with E-state index in [1.807, 2.05) is 49.8 Å². The van der Waals surface area contributed by atoms with Crippen molar-refractivity contribution >= 4 is 16.6 Å². The SMILES string of the molecule is Cc1nn(C)c(C)c1Oc1ccc(N)c2ncccc12. The fraction of sp³-hybridized carbons (Fsp3) is 0.200. The quantitative estimate of drug-likeness (QED) is 0.726. The van der Waals surface area contributed by atoms with Gasteiger partial charge in [0.05, 0.1) is 16.9 Å². The molecule has 0 amide bonds. The van der Waals surface area contributed by atoms with E-state index in [2.05, 4.69) is 10.1 Å². The normalized spacial score (nSPS) is 10.9. The summed E-state index contributed by atoms with van der Waals surface area (Å²) in [4.78, 5) is 4.31. The van der Waals surface area contributed by atoms with Crippen LogP contribution in [0.2, 0.25) is 0 Å². The summed E-state index contributed by atoms with van der Waals surface area (Å²) < 4.78 is 7.86. The van der Waals surface area contributed by atoms with Crippen molar-refractivity contribution in [3.05, 3.63) is 41.9 Å². The molecule has 0 atom stereocenters. The highest BCUT2D eigenvalue weighted by molar-refractivity contribution is 5.93. The van der Waals surface area contributed by atoms with Gasteiger partial charge in [-0.1, -0.05) is 0 Å². The summed E-state index contributed by atoms with van der Waals surface area (Å²) in [6.45, 7) is 3.91. The predicted molar refractivity (Wildman–Crippen MR) is 78.9 cm³/mol. The van der Waals surface area contributed by atoms with Crippen LogP contribution in [-0.2, 0) is 7.05 Å². The van der Waals surface area contributed by atoms with E-state index >= 15 is 0 Å². The molecule has 0 saturated heterocycles. The average molecular weight is 268 g/mol. The standard InChI is InChI=1S/C15H16N4O/c1-9-15(10(2)19(3)18-9)20-13-7-6-12(16)14-11(13)5-4-8-17-14/h4-8H,16H2,1-3H3. The predicted octanol–water partition coefficient (Wildman–Crippen LogP) is 2.96. The van der Waals surface area contributed by atoms with Crippen LogP contribution in [0.15, 0.2) is 30.5 Å². The van der Waals surface area contributed by atoms with E-state index < -0.39 is 0 Å². The fourth-order valence-corrected chi connectivity index (χ4v) is 2.27. The molecular weight excluding hydrogens is 252 g/mol. The Labute approximate surface area is 117 Å². The Bertz CT molecular complexity index is 792. The highest BCUT2D eigenvalue weighted by Gasteiger charge is 2.14. The smallest absolute Gasteiger partial charge is 0.171 e. The topological polar surface area (TPSA) is 66.0 Å². The van der Waals surface area contributed by atoms with Crippen molar-refractivity contribution in [3.63, 3.8) is 0 Å². The third-order valence-corrected chi connectivity index (χ3v) is 3.42. The molecule has 0 aliphatic carbocycles. The molecule has 0 unspecified atom stereocenters.